The highest BCUT2D eigenvalue weighted by Gasteiger charge is 2.32. The summed E-state index contributed by atoms with van der Waals surface area (Å²) in [7, 11) is 0. The monoisotopic (exact) mass is 319 g/mol. The van der Waals surface area contributed by atoms with Crippen LogP contribution >= 0.6 is 0 Å². The Morgan fingerprint density at radius 2 is 2.26 bits per heavy atom. The zero-order valence-corrected chi connectivity index (χ0v) is 14.9. The SMILES string of the molecule is Cc1ncccc1NC(C)CC1CCCN1C(=O)OC(C)(C)C. The van der Waals surface area contributed by atoms with Gasteiger partial charge in [-0.3, -0.25) is 4.98 Å². The maximum Gasteiger partial charge on any atom is 0.410 e. The zero-order valence-electron chi connectivity index (χ0n) is 14.9. The molecule has 0 radical (unpaired) electrons. The van der Waals surface area contributed by atoms with Crippen molar-refractivity contribution in [3.63, 3.8) is 0 Å². The molecule has 1 fully saturated rings. The number of hydrogen-bond donors (Lipinski definition) is 1. The standard InChI is InChI=1S/C18H29N3O2/c1-13(20-16-9-6-10-19-14(16)2)12-15-8-7-11-21(15)17(22)23-18(3,4)5/h6,9-10,13,15,20H,7-8,11-12H2,1-5H3. The van der Waals surface area contributed by atoms with Crippen molar-refractivity contribution < 1.29 is 9.53 Å². The highest BCUT2D eigenvalue weighted by molar-refractivity contribution is 5.69. The van der Waals surface area contributed by atoms with Crippen molar-refractivity contribution in [1.82, 2.24) is 9.88 Å². The number of carbonyl (C=O) groups is 1. The molecule has 1 aliphatic rings. The lowest BCUT2D eigenvalue weighted by Gasteiger charge is -2.30. The molecule has 1 aromatic heterocycles. The van der Waals surface area contributed by atoms with Crippen LogP contribution < -0.4 is 5.32 Å². The van der Waals surface area contributed by atoms with E-state index in [0.29, 0.717) is 0 Å². The Hall–Kier alpha value is -1.78. The normalized spacial score (nSPS) is 19.5. The third-order valence-corrected chi connectivity index (χ3v) is 4.04. The average molecular weight is 319 g/mol. The lowest BCUT2D eigenvalue weighted by molar-refractivity contribution is 0.0218. The molecule has 5 nitrogen and oxygen atoms in total. The van der Waals surface area contributed by atoms with Crippen molar-refractivity contribution >= 4 is 11.8 Å². The molecule has 1 amide bonds. The number of pyridine rings is 1. The van der Waals surface area contributed by atoms with E-state index in [-0.39, 0.29) is 18.2 Å². The van der Waals surface area contributed by atoms with Crippen molar-refractivity contribution in [2.24, 2.45) is 0 Å². The number of hydrogen-bond acceptors (Lipinski definition) is 4. The molecule has 2 atom stereocenters. The molecular weight excluding hydrogens is 290 g/mol. The first kappa shape index (κ1) is 17.6. The van der Waals surface area contributed by atoms with E-state index in [1.165, 1.54) is 0 Å². The quantitative estimate of drug-likeness (QED) is 0.912. The molecule has 5 heteroatoms. The number of ether oxygens (including phenoxy) is 1. The summed E-state index contributed by atoms with van der Waals surface area (Å²) in [4.78, 5) is 18.5. The van der Waals surface area contributed by atoms with E-state index in [1.54, 1.807) is 6.20 Å². The van der Waals surface area contributed by atoms with Crippen LogP contribution in [0.2, 0.25) is 0 Å². The minimum Gasteiger partial charge on any atom is -0.444 e. The zero-order chi connectivity index (χ0) is 17.0. The molecule has 0 spiro atoms. The van der Waals surface area contributed by atoms with E-state index in [1.807, 2.05) is 44.7 Å². The van der Waals surface area contributed by atoms with Crippen LogP contribution in [0.4, 0.5) is 10.5 Å². The van der Waals surface area contributed by atoms with E-state index in [0.717, 1.165) is 37.2 Å². The average Bonchev–Trinajstić information content (AvgIpc) is 2.87. The second-order valence-corrected chi connectivity index (χ2v) is 7.39. The second-order valence-electron chi connectivity index (χ2n) is 7.39. The fourth-order valence-electron chi connectivity index (χ4n) is 3.01. The van der Waals surface area contributed by atoms with Gasteiger partial charge in [0.15, 0.2) is 0 Å². The molecule has 0 aromatic carbocycles. The van der Waals surface area contributed by atoms with Crippen LogP contribution in [0.5, 0.6) is 0 Å². The molecule has 128 valence electrons. The van der Waals surface area contributed by atoms with E-state index in [2.05, 4.69) is 17.2 Å². The van der Waals surface area contributed by atoms with E-state index < -0.39 is 5.60 Å². The van der Waals surface area contributed by atoms with Crippen LogP contribution in [-0.2, 0) is 4.74 Å². The number of aryl methyl sites for hydroxylation is 1. The molecule has 2 heterocycles. The third kappa shape index (κ3) is 5.12. The molecule has 1 aliphatic heterocycles. The summed E-state index contributed by atoms with van der Waals surface area (Å²) in [6.07, 6.45) is 4.60. The topological polar surface area (TPSA) is 54.5 Å². The largest absolute Gasteiger partial charge is 0.444 e. The van der Waals surface area contributed by atoms with Gasteiger partial charge in [-0.1, -0.05) is 0 Å². The fourth-order valence-corrected chi connectivity index (χ4v) is 3.01. The Labute approximate surface area is 139 Å². The van der Waals surface area contributed by atoms with E-state index >= 15 is 0 Å². The molecule has 0 bridgehead atoms. The van der Waals surface area contributed by atoms with Gasteiger partial charge in [0.1, 0.15) is 5.60 Å². The molecule has 1 aromatic rings. The lowest BCUT2D eigenvalue weighted by atomic mass is 10.1. The van der Waals surface area contributed by atoms with Gasteiger partial charge in [0, 0.05) is 24.8 Å². The maximum atomic E-state index is 12.3. The van der Waals surface area contributed by atoms with Crippen molar-refractivity contribution in [2.45, 2.75) is 71.6 Å². The van der Waals surface area contributed by atoms with Gasteiger partial charge in [0.25, 0.3) is 0 Å². The predicted molar refractivity (Wildman–Crippen MR) is 92.6 cm³/mol. The van der Waals surface area contributed by atoms with Crippen molar-refractivity contribution in [3.8, 4) is 0 Å². The summed E-state index contributed by atoms with van der Waals surface area (Å²) in [5, 5.41) is 3.50. The van der Waals surface area contributed by atoms with Gasteiger partial charge in [-0.2, -0.15) is 0 Å². The number of nitrogens with zero attached hydrogens (tertiary/aromatic N) is 2. The Morgan fingerprint density at radius 1 is 1.52 bits per heavy atom. The van der Waals surface area contributed by atoms with Crippen LogP contribution in [0, 0.1) is 6.92 Å². The Kier molecular flexibility index (Phi) is 5.50. The molecule has 1 N–H and O–H groups in total. The summed E-state index contributed by atoms with van der Waals surface area (Å²) in [6, 6.07) is 4.49. The first-order valence-electron chi connectivity index (χ1n) is 8.44. The van der Waals surface area contributed by atoms with Gasteiger partial charge in [-0.15, -0.1) is 0 Å². The number of carbonyl (C=O) groups excluding carboxylic acids is 1. The van der Waals surface area contributed by atoms with Crippen LogP contribution in [0.15, 0.2) is 18.3 Å². The van der Waals surface area contributed by atoms with Crippen molar-refractivity contribution in [1.29, 1.82) is 0 Å². The molecule has 23 heavy (non-hydrogen) atoms. The Balaban J connectivity index is 1.93. The molecule has 0 saturated carbocycles. The first-order chi connectivity index (χ1) is 10.8. The minimum atomic E-state index is -0.444. The van der Waals surface area contributed by atoms with Crippen molar-refractivity contribution in [2.75, 3.05) is 11.9 Å². The number of likely N-dealkylation sites (tertiary alicyclic amines) is 1. The van der Waals surface area contributed by atoms with Gasteiger partial charge in [0.2, 0.25) is 0 Å². The van der Waals surface area contributed by atoms with Gasteiger partial charge in [-0.05, 0) is 66.0 Å². The Bertz CT molecular complexity index is 539. The summed E-state index contributed by atoms with van der Waals surface area (Å²) < 4.78 is 5.53. The summed E-state index contributed by atoms with van der Waals surface area (Å²) in [5.41, 5.74) is 1.61. The lowest BCUT2D eigenvalue weighted by Crippen LogP contribution is -2.41. The van der Waals surface area contributed by atoms with Crippen LogP contribution in [-0.4, -0.2) is 40.2 Å². The maximum absolute atomic E-state index is 12.3. The predicted octanol–water partition coefficient (Wildman–Crippen LogP) is 3.98. The van der Waals surface area contributed by atoms with Gasteiger partial charge in [0.05, 0.1) is 11.4 Å². The van der Waals surface area contributed by atoms with Gasteiger partial charge in [-0.25, -0.2) is 4.79 Å². The summed E-state index contributed by atoms with van der Waals surface area (Å²) in [5.74, 6) is 0. The highest BCUT2D eigenvalue weighted by Crippen LogP contribution is 2.25. The van der Waals surface area contributed by atoms with E-state index in [4.69, 9.17) is 4.74 Å². The number of rotatable bonds is 4. The Morgan fingerprint density at radius 3 is 2.91 bits per heavy atom. The van der Waals surface area contributed by atoms with Crippen LogP contribution in [0.3, 0.4) is 0 Å². The van der Waals surface area contributed by atoms with Crippen LogP contribution in [0.25, 0.3) is 0 Å². The molecule has 1 saturated heterocycles. The third-order valence-electron chi connectivity index (χ3n) is 4.04. The molecular formula is C18H29N3O2. The molecule has 2 unspecified atom stereocenters. The smallest absolute Gasteiger partial charge is 0.410 e. The fraction of sp³-hybridized carbons (Fsp3) is 0.667. The number of anilines is 1. The number of aromatic nitrogens is 1. The van der Waals surface area contributed by atoms with Gasteiger partial charge >= 0.3 is 6.09 Å². The molecule has 2 rings (SSSR count). The number of amides is 1. The molecule has 0 aliphatic carbocycles. The van der Waals surface area contributed by atoms with E-state index in [9.17, 15) is 4.79 Å². The summed E-state index contributed by atoms with van der Waals surface area (Å²) in [6.45, 7) is 10.7. The van der Waals surface area contributed by atoms with Crippen LogP contribution in [0.1, 0.15) is 52.7 Å². The summed E-state index contributed by atoms with van der Waals surface area (Å²) >= 11 is 0. The number of nitrogens with one attached hydrogen (secondary N) is 1. The minimum absolute atomic E-state index is 0.190. The second kappa shape index (κ2) is 7.20. The first-order valence-corrected chi connectivity index (χ1v) is 8.44. The highest BCUT2D eigenvalue weighted by atomic mass is 16.6. The van der Waals surface area contributed by atoms with Gasteiger partial charge < -0.3 is 15.0 Å². The van der Waals surface area contributed by atoms with Crippen molar-refractivity contribution in [3.05, 3.63) is 24.0 Å².